The van der Waals surface area contributed by atoms with Gasteiger partial charge in [-0.2, -0.15) is 13.2 Å². The molecule has 0 radical (unpaired) electrons. The van der Waals surface area contributed by atoms with Gasteiger partial charge in [-0.25, -0.2) is 0 Å². The van der Waals surface area contributed by atoms with Crippen molar-refractivity contribution in [2.75, 3.05) is 42.1 Å². The molecule has 1 fully saturated rings. The van der Waals surface area contributed by atoms with Crippen LogP contribution < -0.4 is 10.2 Å². The molecule has 0 unspecified atom stereocenters. The van der Waals surface area contributed by atoms with E-state index >= 15 is 0 Å². The number of carbonyl (C=O) groups is 1. The van der Waals surface area contributed by atoms with Crippen molar-refractivity contribution in [3.8, 4) is 0 Å². The fourth-order valence-electron chi connectivity index (χ4n) is 3.47. The summed E-state index contributed by atoms with van der Waals surface area (Å²) in [7, 11) is 0. The molecule has 1 aliphatic rings. The number of aryl methyl sites for hydroxylation is 1. The molecular weight excluding hydrogens is 471 g/mol. The Kier molecular flexibility index (Phi) is 7.08. The minimum atomic E-state index is -4.37. The molecule has 0 spiro atoms. The number of halogens is 3. The largest absolute Gasteiger partial charge is 0.416 e. The molecule has 0 saturated carbocycles. The van der Waals surface area contributed by atoms with Crippen molar-refractivity contribution in [1.29, 1.82) is 0 Å². The number of hydrogen-bond donors (Lipinski definition) is 1. The predicted octanol–water partition coefficient (Wildman–Crippen LogP) is 5.05. The summed E-state index contributed by atoms with van der Waals surface area (Å²) in [6, 6.07) is 13.2. The number of nitrogens with one attached hydrogen (secondary N) is 1. The number of aromatic nitrogens is 2. The van der Waals surface area contributed by atoms with Crippen molar-refractivity contribution in [3.05, 3.63) is 59.7 Å². The molecule has 3 aromatic rings. The highest BCUT2D eigenvalue weighted by atomic mass is 32.2. The Bertz CT molecular complexity index is 1110. The van der Waals surface area contributed by atoms with Crippen LogP contribution in [0.15, 0.2) is 52.9 Å². The second-order valence-electron chi connectivity index (χ2n) is 7.57. The monoisotopic (exact) mass is 493 g/mol. The van der Waals surface area contributed by atoms with Crippen LogP contribution in [0.25, 0.3) is 0 Å². The molecule has 0 aliphatic carbocycles. The van der Waals surface area contributed by atoms with Gasteiger partial charge < -0.3 is 15.1 Å². The molecule has 1 aliphatic heterocycles. The molecule has 174 valence electrons. The molecule has 6 nitrogen and oxygen atoms in total. The summed E-state index contributed by atoms with van der Waals surface area (Å²) in [6.07, 6.45) is -4.37. The highest BCUT2D eigenvalue weighted by molar-refractivity contribution is 8.01. The Morgan fingerprint density at radius 3 is 2.58 bits per heavy atom. The van der Waals surface area contributed by atoms with Gasteiger partial charge in [-0.3, -0.25) is 4.79 Å². The number of hydrogen-bond acceptors (Lipinski definition) is 7. The van der Waals surface area contributed by atoms with Gasteiger partial charge in [0.25, 0.3) is 0 Å². The summed E-state index contributed by atoms with van der Waals surface area (Å²) in [5.41, 5.74) is 1.92. The lowest BCUT2D eigenvalue weighted by Gasteiger charge is -2.36. The number of alkyl halides is 3. The summed E-state index contributed by atoms with van der Waals surface area (Å²) in [4.78, 5) is 16.2. The SMILES string of the molecule is Cc1cccc(Nc2nnc(SCC(=O)N3CCN(c4cccc(C(F)(F)F)c4)CC3)s2)c1. The van der Waals surface area contributed by atoms with Gasteiger partial charge in [0.15, 0.2) is 4.34 Å². The third kappa shape index (κ3) is 6.17. The topological polar surface area (TPSA) is 61.4 Å². The summed E-state index contributed by atoms with van der Waals surface area (Å²) < 4.78 is 39.6. The zero-order chi connectivity index (χ0) is 23.4. The molecule has 33 heavy (non-hydrogen) atoms. The maximum Gasteiger partial charge on any atom is 0.416 e. The van der Waals surface area contributed by atoms with E-state index in [4.69, 9.17) is 0 Å². The molecule has 1 amide bonds. The molecule has 2 heterocycles. The first kappa shape index (κ1) is 23.4. The van der Waals surface area contributed by atoms with Crippen LogP contribution in [-0.4, -0.2) is 52.9 Å². The standard InChI is InChI=1S/C22H22F3N5OS2/c1-15-4-2-6-17(12-15)26-20-27-28-21(33-20)32-14-19(31)30-10-8-29(9-11-30)18-7-3-5-16(13-18)22(23,24)25/h2-7,12-13H,8-11,14H2,1H3,(H,26,27). The third-order valence-electron chi connectivity index (χ3n) is 5.17. The van der Waals surface area contributed by atoms with Crippen LogP contribution in [0.1, 0.15) is 11.1 Å². The molecule has 0 bridgehead atoms. The fraction of sp³-hybridized carbons (Fsp3) is 0.318. The predicted molar refractivity (Wildman–Crippen MR) is 125 cm³/mol. The highest BCUT2D eigenvalue weighted by Gasteiger charge is 2.31. The van der Waals surface area contributed by atoms with Crippen molar-refractivity contribution in [3.63, 3.8) is 0 Å². The molecule has 1 N–H and O–H groups in total. The van der Waals surface area contributed by atoms with Gasteiger partial charge in [0.2, 0.25) is 11.0 Å². The number of thioether (sulfide) groups is 1. The first-order valence-electron chi connectivity index (χ1n) is 10.3. The van der Waals surface area contributed by atoms with Gasteiger partial charge in [0, 0.05) is 37.6 Å². The van der Waals surface area contributed by atoms with E-state index in [1.165, 1.54) is 29.2 Å². The van der Waals surface area contributed by atoms with E-state index in [2.05, 4.69) is 15.5 Å². The van der Waals surface area contributed by atoms with Crippen LogP contribution in [0.2, 0.25) is 0 Å². The van der Waals surface area contributed by atoms with E-state index in [9.17, 15) is 18.0 Å². The summed E-state index contributed by atoms with van der Waals surface area (Å²) >= 11 is 2.72. The molecule has 2 aromatic carbocycles. The first-order valence-corrected chi connectivity index (χ1v) is 12.1. The molecule has 4 rings (SSSR count). The maximum atomic E-state index is 13.0. The number of nitrogens with zero attached hydrogens (tertiary/aromatic N) is 4. The Labute approximate surface area is 197 Å². The number of piperazine rings is 1. The van der Waals surface area contributed by atoms with E-state index in [1.807, 2.05) is 36.1 Å². The van der Waals surface area contributed by atoms with E-state index in [0.717, 1.165) is 23.4 Å². The number of benzene rings is 2. The van der Waals surface area contributed by atoms with Crippen molar-refractivity contribution < 1.29 is 18.0 Å². The minimum absolute atomic E-state index is 0.0212. The van der Waals surface area contributed by atoms with Crippen molar-refractivity contribution >= 4 is 45.5 Å². The Morgan fingerprint density at radius 1 is 1.09 bits per heavy atom. The van der Waals surface area contributed by atoms with Crippen molar-refractivity contribution in [1.82, 2.24) is 15.1 Å². The maximum absolute atomic E-state index is 13.0. The zero-order valence-electron chi connectivity index (χ0n) is 17.8. The second-order valence-corrected chi connectivity index (χ2v) is 9.77. The van der Waals surface area contributed by atoms with Crippen LogP contribution >= 0.6 is 23.1 Å². The van der Waals surface area contributed by atoms with Gasteiger partial charge in [0.1, 0.15) is 0 Å². The molecular formula is C22H22F3N5OS2. The first-order chi connectivity index (χ1) is 15.8. The number of carbonyl (C=O) groups excluding carboxylic acids is 1. The van der Waals surface area contributed by atoms with E-state index in [0.29, 0.717) is 41.3 Å². The number of anilines is 3. The minimum Gasteiger partial charge on any atom is -0.368 e. The Balaban J connectivity index is 1.26. The average molecular weight is 494 g/mol. The lowest BCUT2D eigenvalue weighted by atomic mass is 10.1. The summed E-state index contributed by atoms with van der Waals surface area (Å²) in [6.45, 7) is 3.91. The Hall–Kier alpha value is -2.79. The molecule has 1 saturated heterocycles. The molecule has 11 heteroatoms. The smallest absolute Gasteiger partial charge is 0.368 e. The van der Waals surface area contributed by atoms with Crippen LogP contribution in [0.4, 0.5) is 29.7 Å². The van der Waals surface area contributed by atoms with Crippen molar-refractivity contribution in [2.24, 2.45) is 0 Å². The number of rotatable bonds is 6. The lowest BCUT2D eigenvalue weighted by Crippen LogP contribution is -2.49. The van der Waals surface area contributed by atoms with E-state index in [1.54, 1.807) is 11.0 Å². The van der Waals surface area contributed by atoms with Crippen LogP contribution in [0, 0.1) is 6.92 Å². The third-order valence-corrected chi connectivity index (χ3v) is 7.12. The van der Waals surface area contributed by atoms with E-state index in [-0.39, 0.29) is 11.7 Å². The van der Waals surface area contributed by atoms with Crippen LogP contribution in [0.3, 0.4) is 0 Å². The highest BCUT2D eigenvalue weighted by Crippen LogP contribution is 2.32. The molecule has 0 atom stereocenters. The van der Waals surface area contributed by atoms with Gasteiger partial charge >= 0.3 is 6.18 Å². The van der Waals surface area contributed by atoms with Gasteiger partial charge in [-0.05, 0) is 42.8 Å². The van der Waals surface area contributed by atoms with Crippen LogP contribution in [0.5, 0.6) is 0 Å². The molecule has 1 aromatic heterocycles. The van der Waals surface area contributed by atoms with Gasteiger partial charge in [-0.15, -0.1) is 10.2 Å². The quantitative estimate of drug-likeness (QED) is 0.485. The zero-order valence-corrected chi connectivity index (χ0v) is 19.4. The van der Waals surface area contributed by atoms with Gasteiger partial charge in [-0.1, -0.05) is 41.3 Å². The average Bonchev–Trinajstić information content (AvgIpc) is 3.24. The van der Waals surface area contributed by atoms with Crippen LogP contribution in [-0.2, 0) is 11.0 Å². The second kappa shape index (κ2) is 10.0. The Morgan fingerprint density at radius 2 is 1.85 bits per heavy atom. The van der Waals surface area contributed by atoms with Crippen molar-refractivity contribution in [2.45, 2.75) is 17.4 Å². The fourth-order valence-corrected chi connectivity index (χ4v) is 5.15. The number of amides is 1. The normalized spacial score (nSPS) is 14.4. The summed E-state index contributed by atoms with van der Waals surface area (Å²) in [5, 5.41) is 12.1. The van der Waals surface area contributed by atoms with Gasteiger partial charge in [0.05, 0.1) is 11.3 Å². The summed E-state index contributed by atoms with van der Waals surface area (Å²) in [5.74, 6) is 0.218. The lowest BCUT2D eigenvalue weighted by molar-refractivity contribution is -0.137. The van der Waals surface area contributed by atoms with E-state index < -0.39 is 11.7 Å².